The Labute approximate surface area is 186 Å². The maximum absolute atomic E-state index is 12.8. The molecule has 4 N–H and O–H groups in total. The van der Waals surface area contributed by atoms with Crippen molar-refractivity contribution in [1.29, 1.82) is 0 Å². The molecule has 0 amide bonds. The molecule has 4 rings (SSSR count). The third-order valence-electron chi connectivity index (χ3n) is 5.78. The molecule has 0 bridgehead atoms. The van der Waals surface area contributed by atoms with Crippen LogP contribution in [0.2, 0.25) is 0 Å². The third-order valence-corrected chi connectivity index (χ3v) is 5.78. The second-order valence-electron chi connectivity index (χ2n) is 8.08. The molecule has 1 aliphatic rings. The number of benzene rings is 3. The van der Waals surface area contributed by atoms with Crippen molar-refractivity contribution in [3.05, 3.63) is 101 Å². The molecule has 2 atom stereocenters. The summed E-state index contributed by atoms with van der Waals surface area (Å²) in [5.41, 5.74) is 3.23. The van der Waals surface area contributed by atoms with Crippen LogP contribution < -0.4 is 0 Å². The van der Waals surface area contributed by atoms with Crippen LogP contribution in [0.4, 0.5) is 0 Å². The third kappa shape index (κ3) is 4.83. The van der Waals surface area contributed by atoms with Crippen molar-refractivity contribution in [3.8, 4) is 23.0 Å². The number of rotatable bonds is 4. The predicted octanol–water partition coefficient (Wildman–Crippen LogP) is 5.38. The summed E-state index contributed by atoms with van der Waals surface area (Å²) in [5, 5.41) is 39.9. The molecule has 1 aliphatic carbocycles. The fourth-order valence-electron chi connectivity index (χ4n) is 4.27. The van der Waals surface area contributed by atoms with Crippen LogP contribution in [0, 0.1) is 0 Å². The number of hydrogen-bond acceptors (Lipinski definition) is 5. The average Bonchev–Trinajstić information content (AvgIpc) is 2.93. The lowest BCUT2D eigenvalue weighted by Crippen LogP contribution is -2.13. The van der Waals surface area contributed by atoms with Gasteiger partial charge in [-0.2, -0.15) is 0 Å². The summed E-state index contributed by atoms with van der Waals surface area (Å²) in [6, 6.07) is 18.8. The molecule has 0 aromatic heterocycles. The molecule has 0 saturated carbocycles. The molecule has 0 radical (unpaired) electrons. The number of phenolic OH excluding ortho intramolecular Hbond substituents is 4. The van der Waals surface area contributed by atoms with Gasteiger partial charge in [0.05, 0.1) is 0 Å². The number of ketones is 1. The van der Waals surface area contributed by atoms with E-state index in [9.17, 15) is 25.2 Å². The zero-order valence-corrected chi connectivity index (χ0v) is 17.3. The van der Waals surface area contributed by atoms with Gasteiger partial charge < -0.3 is 20.4 Å². The molecule has 0 fully saturated rings. The lowest BCUT2D eigenvalue weighted by molar-refractivity contribution is -0.115. The fraction of sp³-hybridized carbons (Fsp3) is 0.148. The van der Waals surface area contributed by atoms with Gasteiger partial charge in [0.1, 0.15) is 11.5 Å². The van der Waals surface area contributed by atoms with Gasteiger partial charge in [0.15, 0.2) is 17.3 Å². The van der Waals surface area contributed by atoms with Crippen molar-refractivity contribution in [2.24, 2.45) is 0 Å². The van der Waals surface area contributed by atoms with Gasteiger partial charge in [0.25, 0.3) is 0 Å². The molecular formula is C27H24O5. The van der Waals surface area contributed by atoms with Crippen molar-refractivity contribution in [1.82, 2.24) is 0 Å². The van der Waals surface area contributed by atoms with E-state index in [0.717, 1.165) is 11.1 Å². The first-order chi connectivity index (χ1) is 15.4. The van der Waals surface area contributed by atoms with Crippen LogP contribution in [0.1, 0.15) is 41.4 Å². The van der Waals surface area contributed by atoms with Crippen LogP contribution in [-0.4, -0.2) is 26.2 Å². The maximum atomic E-state index is 12.8. The summed E-state index contributed by atoms with van der Waals surface area (Å²) in [5.74, 6) is -1.24. The molecule has 0 aliphatic heterocycles. The maximum Gasteiger partial charge on any atom is 0.157 e. The van der Waals surface area contributed by atoms with Gasteiger partial charge in [-0.05, 0) is 70.9 Å². The summed E-state index contributed by atoms with van der Waals surface area (Å²) in [6.45, 7) is 0. The lowest BCUT2D eigenvalue weighted by atomic mass is 9.77. The van der Waals surface area contributed by atoms with Gasteiger partial charge in [-0.15, -0.1) is 0 Å². The molecule has 0 saturated heterocycles. The first-order valence-electron chi connectivity index (χ1n) is 10.4. The SMILES string of the molecule is O=C1C=C(/C=C/c2ccccc2)C[C@H](c2cc(O)cc(O)c2)[C@@H](c2ccc(O)c(O)c2)C1. The van der Waals surface area contributed by atoms with E-state index in [1.807, 2.05) is 42.5 Å². The number of carbonyl (C=O) groups is 1. The molecule has 32 heavy (non-hydrogen) atoms. The van der Waals surface area contributed by atoms with Crippen molar-refractivity contribution < 1.29 is 25.2 Å². The Balaban J connectivity index is 1.76. The molecule has 3 aromatic rings. The molecule has 0 spiro atoms. The van der Waals surface area contributed by atoms with Crippen molar-refractivity contribution in [2.75, 3.05) is 0 Å². The van der Waals surface area contributed by atoms with E-state index in [1.165, 1.54) is 18.2 Å². The highest BCUT2D eigenvalue weighted by Gasteiger charge is 2.31. The summed E-state index contributed by atoms with van der Waals surface area (Å²) < 4.78 is 0. The predicted molar refractivity (Wildman–Crippen MR) is 123 cm³/mol. The Hall–Kier alpha value is -3.99. The van der Waals surface area contributed by atoms with E-state index in [2.05, 4.69) is 0 Å². The zero-order chi connectivity index (χ0) is 22.7. The fourth-order valence-corrected chi connectivity index (χ4v) is 4.27. The van der Waals surface area contributed by atoms with Crippen LogP contribution >= 0.6 is 0 Å². The van der Waals surface area contributed by atoms with Gasteiger partial charge >= 0.3 is 0 Å². The van der Waals surface area contributed by atoms with Crippen LogP contribution in [0.5, 0.6) is 23.0 Å². The second-order valence-corrected chi connectivity index (χ2v) is 8.08. The molecule has 0 unspecified atom stereocenters. The van der Waals surface area contributed by atoms with Crippen LogP contribution in [0.15, 0.2) is 84.5 Å². The van der Waals surface area contributed by atoms with Gasteiger partial charge in [0, 0.05) is 12.5 Å². The van der Waals surface area contributed by atoms with Gasteiger partial charge in [-0.3, -0.25) is 4.79 Å². The minimum absolute atomic E-state index is 0.0536. The topological polar surface area (TPSA) is 98.0 Å². The van der Waals surface area contributed by atoms with Crippen LogP contribution in [-0.2, 0) is 4.79 Å². The Bertz CT molecular complexity index is 1170. The Morgan fingerprint density at radius 1 is 0.688 bits per heavy atom. The van der Waals surface area contributed by atoms with E-state index < -0.39 is 0 Å². The van der Waals surface area contributed by atoms with Crippen molar-refractivity contribution in [2.45, 2.75) is 24.7 Å². The molecule has 5 heteroatoms. The van der Waals surface area contributed by atoms with Gasteiger partial charge in [-0.25, -0.2) is 0 Å². The van der Waals surface area contributed by atoms with Gasteiger partial charge in [0.2, 0.25) is 0 Å². The average molecular weight is 428 g/mol. The molecule has 5 nitrogen and oxygen atoms in total. The minimum Gasteiger partial charge on any atom is -0.508 e. The largest absolute Gasteiger partial charge is 0.508 e. The van der Waals surface area contributed by atoms with E-state index in [4.69, 9.17) is 0 Å². The number of allylic oxidation sites excluding steroid dienone is 3. The van der Waals surface area contributed by atoms with Crippen molar-refractivity contribution >= 4 is 11.9 Å². The van der Waals surface area contributed by atoms with E-state index in [1.54, 1.807) is 24.3 Å². The lowest BCUT2D eigenvalue weighted by Gasteiger charge is -2.27. The number of carbonyl (C=O) groups excluding carboxylic acids is 1. The van der Waals surface area contributed by atoms with E-state index in [-0.39, 0.29) is 47.0 Å². The number of phenols is 4. The Kier molecular flexibility index (Phi) is 5.99. The van der Waals surface area contributed by atoms with Gasteiger partial charge in [-0.1, -0.05) is 48.6 Å². The monoisotopic (exact) mass is 428 g/mol. The normalized spacial score (nSPS) is 19.0. The van der Waals surface area contributed by atoms with Crippen LogP contribution in [0.25, 0.3) is 6.08 Å². The minimum atomic E-state index is -0.325. The van der Waals surface area contributed by atoms with Crippen LogP contribution in [0.3, 0.4) is 0 Å². The highest BCUT2D eigenvalue weighted by Crippen LogP contribution is 2.45. The first-order valence-corrected chi connectivity index (χ1v) is 10.4. The zero-order valence-electron chi connectivity index (χ0n) is 17.3. The molecular weight excluding hydrogens is 404 g/mol. The Morgan fingerprint density at radius 3 is 2.06 bits per heavy atom. The quantitative estimate of drug-likeness (QED) is 0.418. The summed E-state index contributed by atoms with van der Waals surface area (Å²) in [4.78, 5) is 12.8. The summed E-state index contributed by atoms with van der Waals surface area (Å²) in [6.07, 6.45) is 6.18. The van der Waals surface area contributed by atoms with E-state index in [0.29, 0.717) is 17.5 Å². The molecule has 0 heterocycles. The summed E-state index contributed by atoms with van der Waals surface area (Å²) in [7, 11) is 0. The summed E-state index contributed by atoms with van der Waals surface area (Å²) >= 11 is 0. The number of aromatic hydroxyl groups is 4. The highest BCUT2D eigenvalue weighted by molar-refractivity contribution is 5.92. The first kappa shape index (κ1) is 21.2. The molecule has 162 valence electrons. The van der Waals surface area contributed by atoms with E-state index >= 15 is 0 Å². The number of hydrogen-bond donors (Lipinski definition) is 4. The Morgan fingerprint density at radius 2 is 1.38 bits per heavy atom. The smallest absolute Gasteiger partial charge is 0.157 e. The highest BCUT2D eigenvalue weighted by atomic mass is 16.3. The van der Waals surface area contributed by atoms with Crippen molar-refractivity contribution in [3.63, 3.8) is 0 Å². The molecule has 3 aromatic carbocycles. The second kappa shape index (κ2) is 9.02. The standard InChI is InChI=1S/C27H24O5/c28-21-10-18(7-6-17-4-2-1-3-5-17)11-24(20-12-22(29)15-23(30)13-20)25(16-21)19-8-9-26(31)27(32)14-19/h1-10,12-15,24-25,29-32H,11,16H2/b7-6+/t24-,25-/m1/s1.